The molecule has 0 saturated carbocycles. The Labute approximate surface area is 160 Å². The molecule has 1 aliphatic heterocycles. The summed E-state index contributed by atoms with van der Waals surface area (Å²) in [5.41, 5.74) is 0.941. The number of guanidine groups is 1. The van der Waals surface area contributed by atoms with Crippen molar-refractivity contribution in [2.75, 3.05) is 46.9 Å². The van der Waals surface area contributed by atoms with Crippen LogP contribution in [0.1, 0.15) is 12.5 Å². The van der Waals surface area contributed by atoms with E-state index in [4.69, 9.17) is 4.74 Å². The lowest BCUT2D eigenvalue weighted by Crippen LogP contribution is -2.53. The molecule has 0 aromatic heterocycles. The third-order valence-electron chi connectivity index (χ3n) is 4.27. The van der Waals surface area contributed by atoms with Crippen LogP contribution in [0.2, 0.25) is 0 Å². The highest BCUT2D eigenvalue weighted by molar-refractivity contribution is 7.89. The monoisotopic (exact) mass is 397 g/mol. The Morgan fingerprint density at radius 1 is 1.15 bits per heavy atom. The summed E-state index contributed by atoms with van der Waals surface area (Å²) >= 11 is 0. The fourth-order valence-electron chi connectivity index (χ4n) is 2.73. The molecule has 9 nitrogen and oxygen atoms in total. The molecule has 0 radical (unpaired) electrons. The maximum atomic E-state index is 11.8. The molecule has 1 saturated heterocycles. The molecule has 0 unspecified atom stereocenters. The number of amides is 1. The van der Waals surface area contributed by atoms with Gasteiger partial charge in [0.05, 0.1) is 11.5 Å². The largest absolute Gasteiger partial charge is 0.450 e. The van der Waals surface area contributed by atoms with Crippen molar-refractivity contribution in [3.63, 3.8) is 0 Å². The van der Waals surface area contributed by atoms with Crippen molar-refractivity contribution < 1.29 is 17.9 Å². The second kappa shape index (κ2) is 9.56. The first-order chi connectivity index (χ1) is 12.9. The molecule has 10 heteroatoms. The zero-order valence-electron chi connectivity index (χ0n) is 15.9. The highest BCUT2D eigenvalue weighted by atomic mass is 32.2. The molecule has 1 fully saturated rings. The Morgan fingerprint density at radius 2 is 1.74 bits per heavy atom. The quantitative estimate of drug-likeness (QED) is 0.552. The molecule has 2 rings (SSSR count). The Bertz CT molecular complexity index is 756. The summed E-state index contributed by atoms with van der Waals surface area (Å²) in [4.78, 5) is 20.1. The van der Waals surface area contributed by atoms with E-state index in [1.54, 1.807) is 43.1 Å². The predicted octanol–water partition coefficient (Wildman–Crippen LogP) is 0.444. The van der Waals surface area contributed by atoms with Crippen LogP contribution in [0.25, 0.3) is 0 Å². The van der Waals surface area contributed by atoms with Gasteiger partial charge in [-0.2, -0.15) is 0 Å². The minimum Gasteiger partial charge on any atom is -0.450 e. The Balaban J connectivity index is 1.89. The number of sulfonamides is 1. The normalized spacial score (nSPS) is 15.6. The van der Waals surface area contributed by atoms with Gasteiger partial charge in [0.15, 0.2) is 5.96 Å². The predicted molar refractivity (Wildman–Crippen MR) is 103 cm³/mol. The fourth-order valence-corrected chi connectivity index (χ4v) is 3.46. The van der Waals surface area contributed by atoms with E-state index in [2.05, 4.69) is 19.9 Å². The molecule has 0 aliphatic carbocycles. The van der Waals surface area contributed by atoms with Crippen molar-refractivity contribution in [2.24, 2.45) is 4.99 Å². The van der Waals surface area contributed by atoms with Gasteiger partial charge in [-0.25, -0.2) is 17.9 Å². The molecule has 1 aromatic rings. The fraction of sp³-hybridized carbons (Fsp3) is 0.529. The maximum absolute atomic E-state index is 11.8. The molecule has 0 atom stereocenters. The van der Waals surface area contributed by atoms with Crippen LogP contribution in [0.3, 0.4) is 0 Å². The highest BCUT2D eigenvalue weighted by Crippen LogP contribution is 2.10. The summed E-state index contributed by atoms with van der Waals surface area (Å²) in [5, 5.41) is 3.27. The van der Waals surface area contributed by atoms with E-state index < -0.39 is 10.0 Å². The average Bonchev–Trinajstić information content (AvgIpc) is 2.69. The molecule has 0 bridgehead atoms. The van der Waals surface area contributed by atoms with E-state index in [0.29, 0.717) is 39.3 Å². The summed E-state index contributed by atoms with van der Waals surface area (Å²) < 4.78 is 30.8. The van der Waals surface area contributed by atoms with Gasteiger partial charge in [-0.3, -0.25) is 4.99 Å². The number of hydrogen-bond acceptors (Lipinski definition) is 5. The van der Waals surface area contributed by atoms with E-state index in [1.807, 2.05) is 0 Å². The first kappa shape index (κ1) is 21.0. The van der Waals surface area contributed by atoms with Gasteiger partial charge in [-0.1, -0.05) is 12.1 Å². The SMILES string of the molecule is CCOC(=O)N1CCN(C(=NC)NCc2ccc(S(=O)(=O)NC)cc2)CC1. The minimum absolute atomic E-state index is 0.230. The molecular weight excluding hydrogens is 370 g/mol. The van der Waals surface area contributed by atoms with E-state index in [-0.39, 0.29) is 11.0 Å². The molecule has 2 N–H and O–H groups in total. The van der Waals surface area contributed by atoms with Gasteiger partial charge in [0.2, 0.25) is 10.0 Å². The van der Waals surface area contributed by atoms with Crippen LogP contribution >= 0.6 is 0 Å². The number of hydrogen-bond donors (Lipinski definition) is 2. The van der Waals surface area contributed by atoms with Crippen molar-refractivity contribution in [3.8, 4) is 0 Å². The summed E-state index contributed by atoms with van der Waals surface area (Å²) in [7, 11) is -0.333. The summed E-state index contributed by atoms with van der Waals surface area (Å²) in [6.45, 7) is 5.17. The second-order valence-electron chi connectivity index (χ2n) is 5.93. The van der Waals surface area contributed by atoms with Crippen LogP contribution < -0.4 is 10.0 Å². The minimum atomic E-state index is -3.43. The number of aliphatic imine (C=N–C) groups is 1. The Hall–Kier alpha value is -2.33. The summed E-state index contributed by atoms with van der Waals surface area (Å²) in [6.07, 6.45) is -0.281. The number of carbonyl (C=O) groups excluding carboxylic acids is 1. The van der Waals surface area contributed by atoms with Gasteiger partial charge in [0.25, 0.3) is 0 Å². The van der Waals surface area contributed by atoms with Gasteiger partial charge in [-0.15, -0.1) is 0 Å². The highest BCUT2D eigenvalue weighted by Gasteiger charge is 2.23. The second-order valence-corrected chi connectivity index (χ2v) is 7.81. The number of nitrogens with zero attached hydrogens (tertiary/aromatic N) is 3. The first-order valence-corrected chi connectivity index (χ1v) is 10.3. The van der Waals surface area contributed by atoms with Crippen LogP contribution in [0, 0.1) is 0 Å². The summed E-state index contributed by atoms with van der Waals surface area (Å²) in [5.74, 6) is 0.741. The molecule has 1 amide bonds. The number of benzene rings is 1. The van der Waals surface area contributed by atoms with Crippen LogP contribution in [-0.2, 0) is 21.3 Å². The van der Waals surface area contributed by atoms with Crippen molar-refractivity contribution in [1.82, 2.24) is 19.8 Å². The van der Waals surface area contributed by atoms with Crippen molar-refractivity contribution in [1.29, 1.82) is 0 Å². The van der Waals surface area contributed by atoms with Gasteiger partial charge >= 0.3 is 6.09 Å². The molecular formula is C17H27N5O4S. The molecule has 1 aliphatic rings. The van der Waals surface area contributed by atoms with Gasteiger partial charge < -0.3 is 19.9 Å². The third-order valence-corrected chi connectivity index (χ3v) is 5.70. The van der Waals surface area contributed by atoms with Gasteiger partial charge in [-0.05, 0) is 31.7 Å². The van der Waals surface area contributed by atoms with E-state index in [9.17, 15) is 13.2 Å². The standard InChI is InChI=1S/C17H27N5O4S/c1-4-26-17(23)22-11-9-21(10-12-22)16(18-2)20-13-14-5-7-15(8-6-14)27(24,25)19-3/h5-8,19H,4,9-13H2,1-3H3,(H,18,20). The summed E-state index contributed by atoms with van der Waals surface area (Å²) in [6, 6.07) is 6.68. The smallest absolute Gasteiger partial charge is 0.409 e. The molecule has 0 spiro atoms. The molecule has 27 heavy (non-hydrogen) atoms. The van der Waals surface area contributed by atoms with Crippen molar-refractivity contribution >= 4 is 22.1 Å². The van der Waals surface area contributed by atoms with Crippen LogP contribution in [-0.4, -0.2) is 77.2 Å². The molecule has 1 heterocycles. The zero-order valence-corrected chi connectivity index (χ0v) is 16.8. The van der Waals surface area contributed by atoms with Gasteiger partial charge in [0.1, 0.15) is 0 Å². The number of piperazine rings is 1. The number of rotatable bonds is 5. The lowest BCUT2D eigenvalue weighted by atomic mass is 10.2. The van der Waals surface area contributed by atoms with Gasteiger partial charge in [0, 0.05) is 39.8 Å². The Morgan fingerprint density at radius 3 is 2.26 bits per heavy atom. The van der Waals surface area contributed by atoms with E-state index >= 15 is 0 Å². The average molecular weight is 398 g/mol. The first-order valence-electron chi connectivity index (χ1n) is 8.81. The number of carbonyl (C=O) groups is 1. The van der Waals surface area contributed by atoms with E-state index in [1.165, 1.54) is 7.05 Å². The molecule has 150 valence electrons. The third kappa shape index (κ3) is 5.57. The maximum Gasteiger partial charge on any atom is 0.409 e. The van der Waals surface area contributed by atoms with Crippen molar-refractivity contribution in [3.05, 3.63) is 29.8 Å². The lowest BCUT2D eigenvalue weighted by molar-refractivity contribution is 0.0914. The number of ether oxygens (including phenoxy) is 1. The van der Waals surface area contributed by atoms with Crippen LogP contribution in [0.5, 0.6) is 0 Å². The molecule has 1 aromatic carbocycles. The Kier molecular flexibility index (Phi) is 7.43. The van der Waals surface area contributed by atoms with Crippen LogP contribution in [0.4, 0.5) is 4.79 Å². The number of nitrogens with one attached hydrogen (secondary N) is 2. The van der Waals surface area contributed by atoms with Crippen LogP contribution in [0.15, 0.2) is 34.2 Å². The zero-order chi connectivity index (χ0) is 19.9. The van der Waals surface area contributed by atoms with E-state index in [0.717, 1.165) is 11.5 Å². The topological polar surface area (TPSA) is 103 Å². The van der Waals surface area contributed by atoms with Crippen molar-refractivity contribution in [2.45, 2.75) is 18.4 Å². The lowest BCUT2D eigenvalue weighted by Gasteiger charge is -2.35.